The molecule has 0 aliphatic heterocycles. The van der Waals surface area contributed by atoms with Crippen molar-refractivity contribution < 1.29 is 8.42 Å². The van der Waals surface area contributed by atoms with Crippen LogP contribution in [0.4, 0.5) is 5.69 Å². The predicted molar refractivity (Wildman–Crippen MR) is 86.6 cm³/mol. The second kappa shape index (κ2) is 6.03. The van der Waals surface area contributed by atoms with Crippen LogP contribution < -0.4 is 10.5 Å². The normalized spacial score (nSPS) is 11.8. The summed E-state index contributed by atoms with van der Waals surface area (Å²) in [7, 11) is -3.61. The average Bonchev–Trinajstić information content (AvgIpc) is 2.79. The molecule has 0 aliphatic carbocycles. The molecule has 0 atom stereocenters. The van der Waals surface area contributed by atoms with Gasteiger partial charge in [0.05, 0.1) is 15.6 Å². The number of anilines is 1. The van der Waals surface area contributed by atoms with E-state index < -0.39 is 10.0 Å². The van der Waals surface area contributed by atoms with Crippen molar-refractivity contribution in [1.82, 2.24) is 4.72 Å². The minimum Gasteiger partial charge on any atom is -0.397 e. The van der Waals surface area contributed by atoms with Crippen molar-refractivity contribution in [2.75, 3.05) is 5.73 Å². The van der Waals surface area contributed by atoms with E-state index in [1.807, 2.05) is 11.4 Å². The number of hydrogen-bond donors (Lipinski definition) is 2. The van der Waals surface area contributed by atoms with E-state index in [0.29, 0.717) is 10.6 Å². The van der Waals surface area contributed by atoms with Crippen molar-refractivity contribution in [2.24, 2.45) is 0 Å². The Morgan fingerprint density at radius 3 is 2.65 bits per heavy atom. The Balaban J connectivity index is 2.22. The first-order valence-electron chi connectivity index (χ1n) is 5.58. The predicted octanol–water partition coefficient (Wildman–Crippen LogP) is 3.53. The molecule has 8 heteroatoms. The summed E-state index contributed by atoms with van der Waals surface area (Å²) in [6.07, 6.45) is 0. The van der Waals surface area contributed by atoms with Crippen LogP contribution >= 0.6 is 38.9 Å². The third kappa shape index (κ3) is 3.53. The van der Waals surface area contributed by atoms with E-state index in [4.69, 9.17) is 17.3 Å². The summed E-state index contributed by atoms with van der Waals surface area (Å²) in [6.45, 7) is 1.95. The molecule has 0 saturated carbocycles. The third-order valence-electron chi connectivity index (χ3n) is 2.62. The van der Waals surface area contributed by atoms with Crippen LogP contribution in [0.3, 0.4) is 0 Å². The first kappa shape index (κ1) is 15.8. The molecule has 108 valence electrons. The molecule has 0 spiro atoms. The summed E-state index contributed by atoms with van der Waals surface area (Å²) in [5, 5.41) is 2.28. The largest absolute Gasteiger partial charge is 0.397 e. The Morgan fingerprint density at radius 2 is 2.10 bits per heavy atom. The van der Waals surface area contributed by atoms with Crippen LogP contribution in [0.5, 0.6) is 0 Å². The summed E-state index contributed by atoms with van der Waals surface area (Å²) in [4.78, 5) is 1.03. The second-order valence-corrected chi connectivity index (χ2v) is 8.26. The van der Waals surface area contributed by atoms with Crippen LogP contribution in [0, 0.1) is 6.92 Å². The summed E-state index contributed by atoms with van der Waals surface area (Å²) in [6, 6.07) is 4.74. The second-order valence-electron chi connectivity index (χ2n) is 4.20. The van der Waals surface area contributed by atoms with E-state index in [1.54, 1.807) is 6.92 Å². The first-order valence-corrected chi connectivity index (χ1v) is 9.11. The molecule has 1 aromatic heterocycles. The molecule has 4 nitrogen and oxygen atoms in total. The number of sulfonamides is 1. The number of thiophene rings is 1. The van der Waals surface area contributed by atoms with Gasteiger partial charge in [-0.15, -0.1) is 11.3 Å². The van der Waals surface area contributed by atoms with Gasteiger partial charge in [-0.3, -0.25) is 0 Å². The summed E-state index contributed by atoms with van der Waals surface area (Å²) in [5.74, 6) is 0. The highest BCUT2D eigenvalue weighted by Gasteiger charge is 2.17. The van der Waals surface area contributed by atoms with Crippen molar-refractivity contribution in [3.63, 3.8) is 0 Å². The number of nitrogens with one attached hydrogen (secondary N) is 1. The SMILES string of the molecule is Cc1cc(S(=O)(=O)NCc2cc(Br)cs2)cc(N)c1Cl. The van der Waals surface area contributed by atoms with E-state index in [-0.39, 0.29) is 17.1 Å². The summed E-state index contributed by atoms with van der Waals surface area (Å²) in [5.41, 5.74) is 6.59. The zero-order chi connectivity index (χ0) is 14.9. The van der Waals surface area contributed by atoms with Crippen LogP contribution in [0.2, 0.25) is 5.02 Å². The van der Waals surface area contributed by atoms with E-state index in [2.05, 4.69) is 20.7 Å². The molecule has 0 aliphatic rings. The molecule has 3 N–H and O–H groups in total. The molecule has 1 heterocycles. The number of nitrogen functional groups attached to an aromatic ring is 1. The Hall–Kier alpha value is -0.600. The standard InChI is InChI=1S/C12H12BrClN2O2S2/c1-7-2-10(4-11(15)12(7)14)20(17,18)16-5-9-3-8(13)6-19-9/h2-4,6,16H,5,15H2,1H3. The zero-order valence-electron chi connectivity index (χ0n) is 10.5. The van der Waals surface area contributed by atoms with E-state index >= 15 is 0 Å². The van der Waals surface area contributed by atoms with E-state index in [1.165, 1.54) is 23.5 Å². The van der Waals surface area contributed by atoms with Crippen molar-refractivity contribution >= 4 is 54.6 Å². The van der Waals surface area contributed by atoms with Crippen molar-refractivity contribution in [1.29, 1.82) is 0 Å². The smallest absolute Gasteiger partial charge is 0.240 e. The van der Waals surface area contributed by atoms with Crippen LogP contribution in [-0.2, 0) is 16.6 Å². The van der Waals surface area contributed by atoms with Gasteiger partial charge < -0.3 is 5.73 Å². The zero-order valence-corrected chi connectivity index (χ0v) is 14.5. The number of hydrogen-bond acceptors (Lipinski definition) is 4. The third-order valence-corrected chi connectivity index (χ3v) is 6.22. The fraction of sp³-hybridized carbons (Fsp3) is 0.167. The van der Waals surface area contributed by atoms with Crippen LogP contribution in [0.1, 0.15) is 10.4 Å². The Bertz CT molecular complexity index is 721. The van der Waals surface area contributed by atoms with Crippen molar-refractivity contribution in [3.05, 3.63) is 43.5 Å². The summed E-state index contributed by atoms with van der Waals surface area (Å²) >= 11 is 10.7. The highest BCUT2D eigenvalue weighted by molar-refractivity contribution is 9.10. The van der Waals surface area contributed by atoms with Gasteiger partial charge in [0.2, 0.25) is 10.0 Å². The maximum atomic E-state index is 12.2. The number of aryl methyl sites for hydroxylation is 1. The molecule has 2 aromatic rings. The van der Waals surface area contributed by atoms with Gasteiger partial charge in [-0.2, -0.15) is 0 Å². The number of halogens is 2. The lowest BCUT2D eigenvalue weighted by atomic mass is 10.2. The lowest BCUT2D eigenvalue weighted by Gasteiger charge is -2.09. The molecule has 0 bridgehead atoms. The molecule has 2 rings (SSSR count). The maximum Gasteiger partial charge on any atom is 0.240 e. The fourth-order valence-corrected chi connectivity index (χ4v) is 4.33. The average molecular weight is 396 g/mol. The topological polar surface area (TPSA) is 72.2 Å². The molecule has 1 aromatic carbocycles. The molecule has 0 radical (unpaired) electrons. The van der Waals surface area contributed by atoms with Crippen LogP contribution in [0.15, 0.2) is 32.9 Å². The number of benzene rings is 1. The van der Waals surface area contributed by atoms with Gasteiger partial charge in [0.1, 0.15) is 0 Å². The van der Waals surface area contributed by atoms with Crippen molar-refractivity contribution in [3.8, 4) is 0 Å². The number of nitrogens with two attached hydrogens (primary N) is 1. The van der Waals surface area contributed by atoms with Gasteiger partial charge in [-0.1, -0.05) is 11.6 Å². The highest BCUT2D eigenvalue weighted by atomic mass is 79.9. The molecule has 0 fully saturated rings. The Morgan fingerprint density at radius 1 is 1.40 bits per heavy atom. The van der Waals surface area contributed by atoms with Crippen LogP contribution in [0.25, 0.3) is 0 Å². The van der Waals surface area contributed by atoms with Gasteiger partial charge in [0, 0.05) is 21.3 Å². The molecular formula is C12H12BrClN2O2S2. The van der Waals surface area contributed by atoms with Gasteiger partial charge in [-0.05, 0) is 46.6 Å². The summed E-state index contributed by atoms with van der Waals surface area (Å²) < 4.78 is 27.9. The minimum atomic E-state index is -3.61. The Kier molecular flexibility index (Phi) is 4.76. The molecule has 0 saturated heterocycles. The van der Waals surface area contributed by atoms with Gasteiger partial charge >= 0.3 is 0 Å². The van der Waals surface area contributed by atoms with E-state index in [9.17, 15) is 8.42 Å². The molecule has 0 unspecified atom stereocenters. The molecular weight excluding hydrogens is 384 g/mol. The molecule has 20 heavy (non-hydrogen) atoms. The van der Waals surface area contributed by atoms with Crippen LogP contribution in [-0.4, -0.2) is 8.42 Å². The lowest BCUT2D eigenvalue weighted by Crippen LogP contribution is -2.23. The lowest BCUT2D eigenvalue weighted by molar-refractivity contribution is 0.582. The maximum absolute atomic E-state index is 12.2. The first-order chi connectivity index (χ1) is 9.29. The number of rotatable bonds is 4. The van der Waals surface area contributed by atoms with Crippen molar-refractivity contribution in [2.45, 2.75) is 18.4 Å². The highest BCUT2D eigenvalue weighted by Crippen LogP contribution is 2.27. The fourth-order valence-electron chi connectivity index (χ4n) is 1.61. The van der Waals surface area contributed by atoms with E-state index in [0.717, 1.165) is 9.35 Å². The monoisotopic (exact) mass is 394 g/mol. The molecule has 0 amide bonds. The quantitative estimate of drug-likeness (QED) is 0.778. The van der Waals surface area contributed by atoms with Gasteiger partial charge in [0.15, 0.2) is 0 Å². The Labute approximate surface area is 135 Å². The van der Waals surface area contributed by atoms with Gasteiger partial charge in [0.25, 0.3) is 0 Å². The van der Waals surface area contributed by atoms with Gasteiger partial charge in [-0.25, -0.2) is 13.1 Å². The minimum absolute atomic E-state index is 0.118.